The maximum atomic E-state index is 5.81. The van der Waals surface area contributed by atoms with Gasteiger partial charge in [0.25, 0.3) is 0 Å². The summed E-state index contributed by atoms with van der Waals surface area (Å²) in [5.41, 5.74) is 0. The molecule has 3 rings (SSSR count). The Morgan fingerprint density at radius 3 is 3.11 bits per heavy atom. The standard InChI is InChI=1S/C12H18N4O2/c1-15-5-6-18-10-8-16(7-9(10)15)12-13-4-3-11(14-12)17-2/h3-4,9-10H,5-8H2,1-2H3. The van der Waals surface area contributed by atoms with Crippen molar-refractivity contribution in [2.24, 2.45) is 0 Å². The summed E-state index contributed by atoms with van der Waals surface area (Å²) in [6.45, 7) is 3.56. The van der Waals surface area contributed by atoms with Gasteiger partial charge in [0.05, 0.1) is 25.9 Å². The number of morpholine rings is 1. The Balaban J connectivity index is 1.78. The van der Waals surface area contributed by atoms with E-state index in [1.807, 2.05) is 0 Å². The second-order valence-electron chi connectivity index (χ2n) is 4.76. The van der Waals surface area contributed by atoms with E-state index in [9.17, 15) is 0 Å². The zero-order valence-electron chi connectivity index (χ0n) is 10.7. The maximum absolute atomic E-state index is 5.81. The maximum Gasteiger partial charge on any atom is 0.228 e. The SMILES string of the molecule is COc1ccnc(N2CC3OCCN(C)C3C2)n1. The van der Waals surface area contributed by atoms with Gasteiger partial charge in [0, 0.05) is 31.9 Å². The average Bonchev–Trinajstić information content (AvgIpc) is 2.84. The third kappa shape index (κ3) is 2.02. The molecule has 0 aromatic carbocycles. The minimum absolute atomic E-state index is 0.263. The summed E-state index contributed by atoms with van der Waals surface area (Å²) >= 11 is 0. The lowest BCUT2D eigenvalue weighted by Crippen LogP contribution is -2.48. The molecule has 1 aromatic rings. The largest absolute Gasteiger partial charge is 0.481 e. The summed E-state index contributed by atoms with van der Waals surface area (Å²) in [4.78, 5) is 13.2. The van der Waals surface area contributed by atoms with Crippen LogP contribution in [0.25, 0.3) is 0 Å². The minimum atomic E-state index is 0.263. The summed E-state index contributed by atoms with van der Waals surface area (Å²) in [5, 5.41) is 0. The average molecular weight is 250 g/mol. The molecule has 0 bridgehead atoms. The number of hydrogen-bond acceptors (Lipinski definition) is 6. The number of rotatable bonds is 2. The molecule has 1 aromatic heterocycles. The fourth-order valence-corrected chi connectivity index (χ4v) is 2.62. The second kappa shape index (κ2) is 4.70. The molecule has 2 saturated heterocycles. The lowest BCUT2D eigenvalue weighted by molar-refractivity contribution is -0.0362. The number of anilines is 1. The van der Waals surface area contributed by atoms with Gasteiger partial charge in [0.2, 0.25) is 11.8 Å². The monoisotopic (exact) mass is 250 g/mol. The van der Waals surface area contributed by atoms with Crippen LogP contribution in [-0.2, 0) is 4.74 Å². The molecule has 18 heavy (non-hydrogen) atoms. The summed E-state index contributed by atoms with van der Waals surface area (Å²) in [5.74, 6) is 1.32. The van der Waals surface area contributed by atoms with E-state index in [0.717, 1.165) is 32.2 Å². The van der Waals surface area contributed by atoms with Crippen LogP contribution in [0.3, 0.4) is 0 Å². The first-order chi connectivity index (χ1) is 8.78. The highest BCUT2D eigenvalue weighted by atomic mass is 16.5. The van der Waals surface area contributed by atoms with E-state index in [2.05, 4.69) is 26.8 Å². The highest BCUT2D eigenvalue weighted by molar-refractivity contribution is 5.35. The van der Waals surface area contributed by atoms with Crippen molar-refractivity contribution in [2.75, 3.05) is 45.3 Å². The van der Waals surface area contributed by atoms with Crippen molar-refractivity contribution in [1.29, 1.82) is 0 Å². The van der Waals surface area contributed by atoms with E-state index < -0.39 is 0 Å². The Labute approximate surface area is 107 Å². The Kier molecular flexibility index (Phi) is 3.05. The number of nitrogens with zero attached hydrogens (tertiary/aromatic N) is 4. The highest BCUT2D eigenvalue weighted by Crippen LogP contribution is 2.25. The van der Waals surface area contributed by atoms with Crippen molar-refractivity contribution < 1.29 is 9.47 Å². The van der Waals surface area contributed by atoms with Crippen LogP contribution in [0.4, 0.5) is 5.95 Å². The van der Waals surface area contributed by atoms with Gasteiger partial charge in [-0.05, 0) is 7.05 Å². The van der Waals surface area contributed by atoms with Gasteiger partial charge in [0.15, 0.2) is 0 Å². The summed E-state index contributed by atoms with van der Waals surface area (Å²) in [7, 11) is 3.77. The molecule has 6 nitrogen and oxygen atoms in total. The molecule has 0 aliphatic carbocycles. The molecule has 0 spiro atoms. The van der Waals surface area contributed by atoms with E-state index in [4.69, 9.17) is 9.47 Å². The van der Waals surface area contributed by atoms with E-state index in [0.29, 0.717) is 11.9 Å². The number of aromatic nitrogens is 2. The number of fused-ring (bicyclic) bond motifs is 1. The van der Waals surface area contributed by atoms with Gasteiger partial charge < -0.3 is 14.4 Å². The smallest absolute Gasteiger partial charge is 0.228 e. The molecule has 0 N–H and O–H groups in total. The zero-order valence-corrected chi connectivity index (χ0v) is 10.7. The van der Waals surface area contributed by atoms with Crippen molar-refractivity contribution in [2.45, 2.75) is 12.1 Å². The molecular formula is C12H18N4O2. The van der Waals surface area contributed by atoms with Crippen LogP contribution in [0.15, 0.2) is 12.3 Å². The minimum Gasteiger partial charge on any atom is -0.481 e. The number of ether oxygens (including phenoxy) is 2. The lowest BCUT2D eigenvalue weighted by Gasteiger charge is -2.33. The molecule has 2 atom stereocenters. The molecule has 0 saturated carbocycles. The van der Waals surface area contributed by atoms with Crippen LogP contribution in [0.1, 0.15) is 0 Å². The van der Waals surface area contributed by atoms with E-state index in [1.165, 1.54) is 0 Å². The van der Waals surface area contributed by atoms with Crippen LogP contribution in [-0.4, -0.2) is 67.4 Å². The normalized spacial score (nSPS) is 28.2. The fraction of sp³-hybridized carbons (Fsp3) is 0.667. The molecule has 3 heterocycles. The van der Waals surface area contributed by atoms with Crippen molar-refractivity contribution in [3.8, 4) is 5.88 Å². The Hall–Kier alpha value is -1.40. The van der Waals surface area contributed by atoms with Gasteiger partial charge in [-0.15, -0.1) is 0 Å². The Morgan fingerprint density at radius 1 is 1.44 bits per heavy atom. The zero-order chi connectivity index (χ0) is 12.5. The van der Waals surface area contributed by atoms with Crippen molar-refractivity contribution in [3.05, 3.63) is 12.3 Å². The first-order valence-corrected chi connectivity index (χ1v) is 6.22. The van der Waals surface area contributed by atoms with Crippen molar-refractivity contribution in [3.63, 3.8) is 0 Å². The molecule has 2 unspecified atom stereocenters. The van der Waals surface area contributed by atoms with Gasteiger partial charge >= 0.3 is 0 Å². The summed E-state index contributed by atoms with van der Waals surface area (Å²) in [6, 6.07) is 2.20. The van der Waals surface area contributed by atoms with Crippen LogP contribution >= 0.6 is 0 Å². The topological polar surface area (TPSA) is 50.7 Å². The second-order valence-corrected chi connectivity index (χ2v) is 4.76. The third-order valence-electron chi connectivity index (χ3n) is 3.69. The fourth-order valence-electron chi connectivity index (χ4n) is 2.62. The predicted octanol–water partition coefficient (Wildman–Crippen LogP) is 0.00440. The molecule has 98 valence electrons. The van der Waals surface area contributed by atoms with Crippen LogP contribution in [0, 0.1) is 0 Å². The van der Waals surface area contributed by atoms with Gasteiger partial charge in [-0.3, -0.25) is 4.90 Å². The molecule has 2 aliphatic rings. The van der Waals surface area contributed by atoms with E-state index >= 15 is 0 Å². The molecule has 0 amide bonds. The predicted molar refractivity (Wildman–Crippen MR) is 67.0 cm³/mol. The van der Waals surface area contributed by atoms with E-state index in [-0.39, 0.29) is 6.10 Å². The quantitative estimate of drug-likeness (QED) is 0.736. The van der Waals surface area contributed by atoms with Crippen molar-refractivity contribution >= 4 is 5.95 Å². The van der Waals surface area contributed by atoms with Gasteiger partial charge in [-0.25, -0.2) is 4.98 Å². The van der Waals surface area contributed by atoms with Gasteiger partial charge in [-0.2, -0.15) is 4.98 Å². The molecule has 2 aliphatic heterocycles. The van der Waals surface area contributed by atoms with Crippen LogP contribution in [0.2, 0.25) is 0 Å². The van der Waals surface area contributed by atoms with E-state index in [1.54, 1.807) is 19.4 Å². The number of methoxy groups -OCH3 is 1. The third-order valence-corrected chi connectivity index (χ3v) is 3.69. The lowest BCUT2D eigenvalue weighted by atomic mass is 10.1. The van der Waals surface area contributed by atoms with Gasteiger partial charge in [-0.1, -0.05) is 0 Å². The highest BCUT2D eigenvalue weighted by Gasteiger charge is 2.39. The van der Waals surface area contributed by atoms with Crippen LogP contribution in [0.5, 0.6) is 5.88 Å². The first-order valence-electron chi connectivity index (χ1n) is 6.22. The molecular weight excluding hydrogens is 232 g/mol. The van der Waals surface area contributed by atoms with Crippen molar-refractivity contribution in [1.82, 2.24) is 14.9 Å². The molecule has 2 fully saturated rings. The molecule has 0 radical (unpaired) electrons. The van der Waals surface area contributed by atoms with Gasteiger partial charge in [0.1, 0.15) is 0 Å². The molecule has 6 heteroatoms. The summed E-state index contributed by atoms with van der Waals surface area (Å²) < 4.78 is 10.9. The Bertz CT molecular complexity index is 428. The Morgan fingerprint density at radius 2 is 2.33 bits per heavy atom. The first kappa shape index (κ1) is 11.7. The van der Waals surface area contributed by atoms with Crippen LogP contribution < -0.4 is 9.64 Å². The number of likely N-dealkylation sites (N-methyl/N-ethyl adjacent to an activating group) is 1. The number of hydrogen-bond donors (Lipinski definition) is 0. The summed E-state index contributed by atoms with van der Waals surface area (Å²) in [6.07, 6.45) is 1.99.